The van der Waals surface area contributed by atoms with Gasteiger partial charge in [0.1, 0.15) is 4.31 Å². The van der Waals surface area contributed by atoms with Crippen molar-refractivity contribution in [2.75, 3.05) is 6.61 Å². The maximum absolute atomic E-state index is 9.24. The number of aliphatic hydroxyl groups is 1. The van der Waals surface area contributed by atoms with Gasteiger partial charge in [-0.1, -0.05) is 19.8 Å². The van der Waals surface area contributed by atoms with E-state index >= 15 is 0 Å². The smallest absolute Gasteiger partial charge is 0.563 e. The van der Waals surface area contributed by atoms with Gasteiger partial charge < -0.3 is 14.9 Å². The number of unbranched alkanes of at least 4 members (excludes halogenated alkanes) is 2. The van der Waals surface area contributed by atoms with E-state index in [1.54, 1.807) is 0 Å². The number of hydrogen-bond acceptors (Lipinski definition) is 6. The van der Waals surface area contributed by atoms with Crippen LogP contribution in [0.5, 0.6) is 0 Å². The summed E-state index contributed by atoms with van der Waals surface area (Å²) < 4.78 is 21.6. The molecule has 0 fully saturated rings. The van der Waals surface area contributed by atoms with Crippen LogP contribution in [0.4, 0.5) is 0 Å². The van der Waals surface area contributed by atoms with Gasteiger partial charge >= 0.3 is 119 Å². The summed E-state index contributed by atoms with van der Waals surface area (Å²) in [7, 11) is -6.47. The summed E-state index contributed by atoms with van der Waals surface area (Å²) in [6.07, 6.45) is 3.33. The summed E-state index contributed by atoms with van der Waals surface area (Å²) in [5.41, 5.74) is 0. The third-order valence-electron chi connectivity index (χ3n) is 0.895. The van der Waals surface area contributed by atoms with Crippen molar-refractivity contribution < 1.29 is 131 Å². The van der Waals surface area contributed by atoms with E-state index in [0.29, 0.717) is 6.61 Å². The van der Waals surface area contributed by atoms with Crippen molar-refractivity contribution in [2.45, 2.75) is 26.2 Å². The Balaban J connectivity index is -0.0000000718. The minimum Gasteiger partial charge on any atom is -0.563 e. The van der Waals surface area contributed by atoms with Crippen LogP contribution >= 0.6 is 16.5 Å². The van der Waals surface area contributed by atoms with Gasteiger partial charge in [-0.2, -0.15) is 0 Å². The molecule has 0 aliphatic rings. The minimum atomic E-state index is -3.24. The second-order valence-corrected chi connectivity index (χ2v) is 3.51. The van der Waals surface area contributed by atoms with Gasteiger partial charge in [0.15, 0.2) is 0 Å². The first-order valence-electron chi connectivity index (χ1n) is 3.62. The molecule has 0 aliphatic carbocycles. The molecule has 0 spiro atoms. The second kappa shape index (κ2) is 22.5. The number of hydrogen-bond donors (Lipinski definition) is 1. The van der Waals surface area contributed by atoms with Crippen molar-refractivity contribution in [1.82, 2.24) is 0 Å². The zero-order valence-corrected chi connectivity index (χ0v) is 17.2. The van der Waals surface area contributed by atoms with Crippen LogP contribution in [0, 0.1) is 0 Å². The van der Waals surface area contributed by atoms with Crippen LogP contribution in [0.2, 0.25) is 0 Å². The Hall–Kier alpha value is 3.31. The van der Waals surface area contributed by atoms with E-state index < -0.39 is 16.5 Å². The Labute approximate surface area is 176 Å². The molecule has 0 bridgehead atoms. The van der Waals surface area contributed by atoms with Crippen LogP contribution in [-0.2, 0) is 13.4 Å². The summed E-state index contributed by atoms with van der Waals surface area (Å²) in [5.74, 6) is 0. The molecule has 0 aromatic carbocycles. The van der Waals surface area contributed by atoms with Crippen molar-refractivity contribution >= 4 is 16.5 Å². The third-order valence-corrected chi connectivity index (χ3v) is 1.96. The molecule has 0 radical (unpaired) electrons. The molecule has 0 heterocycles. The number of rotatable bonds is 5. The molecule has 15 heavy (non-hydrogen) atoms. The average Bonchev–Trinajstić information content (AvgIpc) is 1.99. The van der Waals surface area contributed by atoms with Crippen molar-refractivity contribution in [3.8, 4) is 0 Å². The van der Waals surface area contributed by atoms with Gasteiger partial charge in [-0.25, -0.2) is 0 Å². The van der Waals surface area contributed by atoms with Crippen molar-refractivity contribution in [2.24, 2.45) is 0 Å². The molecule has 1 N–H and O–H groups in total. The van der Waals surface area contributed by atoms with E-state index in [2.05, 4.69) is 11.2 Å². The molecule has 0 saturated carbocycles. The first-order valence-corrected chi connectivity index (χ1v) is 5.81. The normalized spacial score (nSPS) is 9.87. The molecule has 78 valence electrons. The topological polar surface area (TPSA) is 110 Å². The van der Waals surface area contributed by atoms with Crippen LogP contribution in [-0.4, -0.2) is 11.7 Å². The Morgan fingerprint density at radius 1 is 1.13 bits per heavy atom. The Morgan fingerprint density at radius 3 is 1.60 bits per heavy atom. The van der Waals surface area contributed by atoms with Gasteiger partial charge in [0, 0.05) is 6.61 Å². The Kier molecular flexibility index (Phi) is 40.2. The van der Waals surface area contributed by atoms with Gasteiger partial charge in [0.25, 0.3) is 0 Å². The average molecular weight is 308 g/mol. The predicted molar refractivity (Wildman–Crippen MR) is 42.9 cm³/mol. The standard InChI is InChI=1S/C5H12O.2K.O5P2/c1-2-3-4-5-6;;;1-6(2)5-7(3)4/h6H,2-5H2,1H3;;;/q;2*+1;. The fraction of sp³-hybridized carbons (Fsp3) is 1.00. The fourth-order valence-electron chi connectivity index (χ4n) is 0.416. The predicted octanol–water partition coefficient (Wildman–Crippen LogP) is -5.78. The summed E-state index contributed by atoms with van der Waals surface area (Å²) >= 11 is 0. The first-order chi connectivity index (χ1) is 6.04. The van der Waals surface area contributed by atoms with E-state index in [4.69, 9.17) is 5.11 Å². The molecule has 0 saturated heterocycles. The van der Waals surface area contributed by atoms with Crippen LogP contribution in [0.25, 0.3) is 0 Å². The van der Waals surface area contributed by atoms with E-state index in [1.807, 2.05) is 0 Å². The van der Waals surface area contributed by atoms with Gasteiger partial charge in [-0.05, 0) is 15.6 Å². The maximum Gasteiger partial charge on any atom is 1.00 e. The molecule has 2 unspecified atom stereocenters. The van der Waals surface area contributed by atoms with E-state index in [-0.39, 0.29) is 103 Å². The summed E-state index contributed by atoms with van der Waals surface area (Å²) in [4.78, 5) is 18.5. The monoisotopic (exact) mass is 308 g/mol. The van der Waals surface area contributed by atoms with E-state index in [1.165, 1.54) is 6.42 Å². The van der Waals surface area contributed by atoms with Crippen LogP contribution in [0.15, 0.2) is 0 Å². The molecule has 0 aromatic rings. The minimum absolute atomic E-state index is 0. The molecule has 6 nitrogen and oxygen atoms in total. The molecule has 10 heteroatoms. The molecule has 0 amide bonds. The molecule has 2 atom stereocenters. The fourth-order valence-corrected chi connectivity index (χ4v) is 0.852. The van der Waals surface area contributed by atoms with Crippen molar-refractivity contribution in [3.05, 3.63) is 0 Å². The summed E-state index contributed by atoms with van der Waals surface area (Å²) in [6, 6.07) is 0. The van der Waals surface area contributed by atoms with Crippen LogP contribution in [0.1, 0.15) is 26.2 Å². The summed E-state index contributed by atoms with van der Waals surface area (Å²) in [5, 5.41) is 8.20. The quantitative estimate of drug-likeness (QED) is 0.308. The molecular formula is C5H12K2O6P2+2. The Morgan fingerprint density at radius 2 is 1.53 bits per heavy atom. The maximum atomic E-state index is 9.24. The molecular weight excluding hydrogens is 296 g/mol. The molecule has 0 rings (SSSR count). The summed E-state index contributed by atoms with van der Waals surface area (Å²) in [6.45, 7) is 2.48. The van der Waals surface area contributed by atoms with Crippen LogP contribution in [0.3, 0.4) is 0 Å². The van der Waals surface area contributed by atoms with Crippen molar-refractivity contribution in [1.29, 1.82) is 0 Å². The zero-order valence-electron chi connectivity index (χ0n) is 9.21. The van der Waals surface area contributed by atoms with Crippen LogP contribution < -0.4 is 113 Å². The van der Waals surface area contributed by atoms with Gasteiger partial charge in [0.05, 0.1) is 0 Å². The third kappa shape index (κ3) is 38.2. The molecule has 0 aromatic heterocycles. The largest absolute Gasteiger partial charge is 1.00 e. The van der Waals surface area contributed by atoms with Gasteiger partial charge in [-0.15, -0.1) is 0 Å². The van der Waals surface area contributed by atoms with E-state index in [0.717, 1.165) is 12.8 Å². The first kappa shape index (κ1) is 26.8. The Bertz CT molecular complexity index is 142. The van der Waals surface area contributed by atoms with E-state index in [9.17, 15) is 18.9 Å². The second-order valence-electron chi connectivity index (χ2n) is 1.96. The van der Waals surface area contributed by atoms with Gasteiger partial charge in [-0.3, -0.25) is 0 Å². The SMILES string of the molecule is CCCCCO.O=[P+]([O-])O[P+](=O)[O-].[K+].[K+]. The number of aliphatic hydroxyl groups excluding tert-OH is 1. The van der Waals surface area contributed by atoms with Gasteiger partial charge in [0.2, 0.25) is 0 Å². The zero-order chi connectivity index (χ0) is 10.7. The molecule has 0 aliphatic heterocycles. The van der Waals surface area contributed by atoms with Crippen molar-refractivity contribution in [3.63, 3.8) is 0 Å².